The van der Waals surface area contributed by atoms with E-state index in [-0.39, 0.29) is 12.2 Å². The van der Waals surface area contributed by atoms with Gasteiger partial charge in [-0.05, 0) is 31.0 Å². The van der Waals surface area contributed by atoms with Crippen LogP contribution in [0.15, 0.2) is 30.3 Å². The molecule has 1 aliphatic rings. The molecule has 1 fully saturated rings. The number of nitrogens with zero attached hydrogens (tertiary/aromatic N) is 3. The van der Waals surface area contributed by atoms with Crippen molar-refractivity contribution in [2.24, 2.45) is 0 Å². The van der Waals surface area contributed by atoms with Crippen LogP contribution in [0, 0.1) is 0 Å². The van der Waals surface area contributed by atoms with E-state index in [4.69, 9.17) is 9.72 Å². The third-order valence-electron chi connectivity index (χ3n) is 5.42. The molecule has 8 nitrogen and oxygen atoms in total. The summed E-state index contributed by atoms with van der Waals surface area (Å²) in [6.07, 6.45) is 4.51. The van der Waals surface area contributed by atoms with Crippen LogP contribution < -0.4 is 4.74 Å². The van der Waals surface area contributed by atoms with Crippen molar-refractivity contribution in [2.45, 2.75) is 38.2 Å². The number of ether oxygens (including phenoxy) is 1. The molecule has 0 aliphatic heterocycles. The van der Waals surface area contributed by atoms with E-state index in [1.807, 2.05) is 18.2 Å². The standard InChI is InChI=1S/C20H19N5O3/c26-20(27)13-8-9-15(18-17(13)21-19(22-18)11-4-1-2-5-11)28-10-12-6-3-7-14-16(12)24-25-23-14/h3,6-9,11H,1-2,4-5,10H2,(H,21,22)(H,26,27)(H,23,24,25). The molecule has 0 bridgehead atoms. The molecule has 8 heteroatoms. The molecular formula is C20H19N5O3. The molecule has 2 aromatic carbocycles. The molecule has 1 saturated carbocycles. The summed E-state index contributed by atoms with van der Waals surface area (Å²) in [5, 5.41) is 20.3. The number of carboxylic acids is 1. The van der Waals surface area contributed by atoms with Crippen molar-refractivity contribution >= 4 is 28.0 Å². The predicted octanol–water partition coefficient (Wildman–Crippen LogP) is 3.77. The summed E-state index contributed by atoms with van der Waals surface area (Å²) in [5.74, 6) is 0.780. The number of carboxylic acid groups (broad SMARTS) is 1. The van der Waals surface area contributed by atoms with Crippen LogP contribution in [0.3, 0.4) is 0 Å². The maximum absolute atomic E-state index is 11.6. The molecule has 2 aromatic heterocycles. The second kappa shape index (κ2) is 6.63. The van der Waals surface area contributed by atoms with Crippen LogP contribution in [0.2, 0.25) is 0 Å². The third-order valence-corrected chi connectivity index (χ3v) is 5.42. The third kappa shape index (κ3) is 2.77. The lowest BCUT2D eigenvalue weighted by molar-refractivity contribution is 0.0699. The van der Waals surface area contributed by atoms with Gasteiger partial charge in [0.2, 0.25) is 0 Å². The Labute approximate surface area is 159 Å². The predicted molar refractivity (Wildman–Crippen MR) is 102 cm³/mol. The number of hydrogen-bond acceptors (Lipinski definition) is 5. The van der Waals surface area contributed by atoms with Gasteiger partial charge in [0.05, 0.1) is 16.6 Å². The number of nitrogens with one attached hydrogen (secondary N) is 2. The quantitative estimate of drug-likeness (QED) is 0.487. The molecule has 0 atom stereocenters. The summed E-state index contributed by atoms with van der Waals surface area (Å²) in [7, 11) is 0. The van der Waals surface area contributed by atoms with E-state index >= 15 is 0 Å². The number of hydrogen-bond donors (Lipinski definition) is 3. The van der Waals surface area contributed by atoms with Gasteiger partial charge >= 0.3 is 5.97 Å². The maximum atomic E-state index is 11.6. The number of rotatable bonds is 5. The van der Waals surface area contributed by atoms with Crippen LogP contribution in [0.25, 0.3) is 22.1 Å². The largest absolute Gasteiger partial charge is 0.486 e. The highest BCUT2D eigenvalue weighted by molar-refractivity contribution is 6.02. The monoisotopic (exact) mass is 377 g/mol. The van der Waals surface area contributed by atoms with Gasteiger partial charge in [0.1, 0.15) is 29.2 Å². The van der Waals surface area contributed by atoms with Gasteiger partial charge in [-0.3, -0.25) is 5.10 Å². The number of carbonyl (C=O) groups is 1. The van der Waals surface area contributed by atoms with Gasteiger partial charge < -0.3 is 14.8 Å². The van der Waals surface area contributed by atoms with E-state index in [1.165, 1.54) is 12.8 Å². The first-order valence-corrected chi connectivity index (χ1v) is 9.38. The molecule has 0 amide bonds. The molecule has 142 valence electrons. The zero-order chi connectivity index (χ0) is 19.1. The maximum Gasteiger partial charge on any atom is 0.337 e. The average Bonchev–Trinajstić information content (AvgIpc) is 3.45. The SMILES string of the molecule is O=C(O)c1ccc(OCc2cccc3[nH]nnc23)c2nc(C3CCCC3)[nH]c12. The fourth-order valence-corrected chi connectivity index (χ4v) is 3.97. The van der Waals surface area contributed by atoms with Crippen molar-refractivity contribution in [3.05, 3.63) is 47.3 Å². The number of imidazole rings is 1. The molecular weight excluding hydrogens is 358 g/mol. The first-order chi connectivity index (χ1) is 13.7. The second-order valence-corrected chi connectivity index (χ2v) is 7.16. The van der Waals surface area contributed by atoms with Crippen molar-refractivity contribution in [2.75, 3.05) is 0 Å². The topological polar surface area (TPSA) is 117 Å². The summed E-state index contributed by atoms with van der Waals surface area (Å²) in [6.45, 7) is 0.289. The van der Waals surface area contributed by atoms with E-state index in [9.17, 15) is 9.90 Å². The molecule has 28 heavy (non-hydrogen) atoms. The minimum Gasteiger partial charge on any atom is -0.486 e. The number of H-pyrrole nitrogens is 2. The van der Waals surface area contributed by atoms with Gasteiger partial charge in [-0.25, -0.2) is 9.78 Å². The zero-order valence-electron chi connectivity index (χ0n) is 15.1. The van der Waals surface area contributed by atoms with E-state index in [1.54, 1.807) is 12.1 Å². The van der Waals surface area contributed by atoms with Gasteiger partial charge in [-0.2, -0.15) is 0 Å². The number of aromatic nitrogens is 5. The molecule has 1 aliphatic carbocycles. The first-order valence-electron chi connectivity index (χ1n) is 9.38. The van der Waals surface area contributed by atoms with E-state index in [0.29, 0.717) is 22.7 Å². The van der Waals surface area contributed by atoms with Crippen molar-refractivity contribution < 1.29 is 14.6 Å². The number of fused-ring (bicyclic) bond motifs is 2. The van der Waals surface area contributed by atoms with E-state index in [0.717, 1.165) is 35.3 Å². The highest BCUT2D eigenvalue weighted by Gasteiger charge is 2.23. The second-order valence-electron chi connectivity index (χ2n) is 7.16. The fourth-order valence-electron chi connectivity index (χ4n) is 3.97. The Morgan fingerprint density at radius 1 is 1.18 bits per heavy atom. The lowest BCUT2D eigenvalue weighted by Gasteiger charge is -2.08. The van der Waals surface area contributed by atoms with Crippen LogP contribution >= 0.6 is 0 Å². The molecule has 0 spiro atoms. The van der Waals surface area contributed by atoms with Crippen molar-refractivity contribution in [3.63, 3.8) is 0 Å². The van der Waals surface area contributed by atoms with Crippen molar-refractivity contribution in [1.29, 1.82) is 0 Å². The molecule has 2 heterocycles. The lowest BCUT2D eigenvalue weighted by atomic mass is 10.1. The molecule has 0 saturated heterocycles. The Morgan fingerprint density at radius 3 is 2.86 bits per heavy atom. The van der Waals surface area contributed by atoms with Gasteiger partial charge in [-0.1, -0.05) is 30.2 Å². The minimum atomic E-state index is -0.981. The van der Waals surface area contributed by atoms with Gasteiger partial charge in [0, 0.05) is 11.5 Å². The van der Waals surface area contributed by atoms with Crippen molar-refractivity contribution in [3.8, 4) is 5.75 Å². The smallest absolute Gasteiger partial charge is 0.337 e. The van der Waals surface area contributed by atoms with E-state index < -0.39 is 5.97 Å². The minimum absolute atomic E-state index is 0.206. The van der Waals surface area contributed by atoms with Crippen LogP contribution in [0.1, 0.15) is 53.3 Å². The van der Waals surface area contributed by atoms with Gasteiger partial charge in [0.25, 0.3) is 0 Å². The summed E-state index contributed by atoms with van der Waals surface area (Å²) >= 11 is 0. The normalized spacial score (nSPS) is 14.9. The van der Waals surface area contributed by atoms with Crippen LogP contribution in [0.5, 0.6) is 5.75 Å². The number of benzene rings is 2. The van der Waals surface area contributed by atoms with Gasteiger partial charge in [0.15, 0.2) is 0 Å². The van der Waals surface area contributed by atoms with Crippen LogP contribution in [0.4, 0.5) is 0 Å². The summed E-state index contributed by atoms with van der Waals surface area (Å²) in [4.78, 5) is 19.6. The average molecular weight is 377 g/mol. The molecule has 4 aromatic rings. The first kappa shape index (κ1) is 16.7. The van der Waals surface area contributed by atoms with Crippen molar-refractivity contribution in [1.82, 2.24) is 25.4 Å². The number of aromatic amines is 2. The summed E-state index contributed by atoms with van der Waals surface area (Å²) < 4.78 is 6.04. The lowest BCUT2D eigenvalue weighted by Crippen LogP contribution is -2.01. The highest BCUT2D eigenvalue weighted by atomic mass is 16.5. The Balaban J connectivity index is 1.52. The van der Waals surface area contributed by atoms with Gasteiger partial charge in [-0.15, -0.1) is 5.10 Å². The number of aromatic carboxylic acids is 1. The fraction of sp³-hybridized carbons (Fsp3) is 0.300. The molecule has 3 N–H and O–H groups in total. The highest BCUT2D eigenvalue weighted by Crippen LogP contribution is 2.36. The van der Waals surface area contributed by atoms with Crippen LogP contribution in [-0.2, 0) is 6.61 Å². The Bertz CT molecular complexity index is 1170. The molecule has 5 rings (SSSR count). The Morgan fingerprint density at radius 2 is 2.04 bits per heavy atom. The summed E-state index contributed by atoms with van der Waals surface area (Å²) in [6, 6.07) is 8.99. The zero-order valence-corrected chi connectivity index (χ0v) is 15.1. The summed E-state index contributed by atoms with van der Waals surface area (Å²) in [5.41, 5.74) is 3.79. The Hall–Kier alpha value is -3.42. The molecule has 0 unspecified atom stereocenters. The van der Waals surface area contributed by atoms with E-state index in [2.05, 4.69) is 20.4 Å². The van der Waals surface area contributed by atoms with Crippen LogP contribution in [-0.4, -0.2) is 36.5 Å². The molecule has 0 radical (unpaired) electrons. The Kier molecular flexibility index (Phi) is 3.96.